The number of oxime groups is 1. The Kier molecular flexibility index (Phi) is 3.52. The number of carbonyl (C=O) groups is 2. The van der Waals surface area contributed by atoms with E-state index in [4.69, 9.17) is 9.57 Å². The first-order chi connectivity index (χ1) is 8.84. The third kappa shape index (κ3) is 3.24. The zero-order valence-corrected chi connectivity index (χ0v) is 11.6. The van der Waals surface area contributed by atoms with Gasteiger partial charge in [0.15, 0.2) is 6.29 Å². The van der Waals surface area contributed by atoms with Crippen molar-refractivity contribution in [1.29, 1.82) is 0 Å². The molecule has 0 atom stereocenters. The second-order valence-electron chi connectivity index (χ2n) is 6.12. The maximum Gasteiger partial charge on any atom is 0.410 e. The summed E-state index contributed by atoms with van der Waals surface area (Å²) in [6, 6.07) is 0. The molecule has 1 spiro atoms. The summed E-state index contributed by atoms with van der Waals surface area (Å²) >= 11 is 0. The molecule has 0 aromatic carbocycles. The van der Waals surface area contributed by atoms with Crippen LogP contribution in [0.1, 0.15) is 40.0 Å². The van der Waals surface area contributed by atoms with E-state index in [9.17, 15) is 9.59 Å². The van der Waals surface area contributed by atoms with Gasteiger partial charge in [-0.2, -0.15) is 0 Å². The number of aldehydes is 1. The van der Waals surface area contributed by atoms with Crippen LogP contribution in [0.15, 0.2) is 5.16 Å². The van der Waals surface area contributed by atoms with Crippen LogP contribution in [0.3, 0.4) is 0 Å². The van der Waals surface area contributed by atoms with Gasteiger partial charge in [0, 0.05) is 32.4 Å². The minimum Gasteiger partial charge on any atom is -0.444 e. The number of carbonyl (C=O) groups excluding carboxylic acids is 2. The fourth-order valence-corrected chi connectivity index (χ4v) is 2.30. The van der Waals surface area contributed by atoms with Crippen molar-refractivity contribution in [2.24, 2.45) is 5.16 Å². The molecule has 0 unspecified atom stereocenters. The highest BCUT2D eigenvalue weighted by Crippen LogP contribution is 2.34. The molecular weight excluding hydrogens is 248 g/mol. The molecule has 0 N–H and O–H groups in total. The summed E-state index contributed by atoms with van der Waals surface area (Å²) in [5.74, 6) is 0. The van der Waals surface area contributed by atoms with Gasteiger partial charge < -0.3 is 14.5 Å². The zero-order valence-electron chi connectivity index (χ0n) is 11.6. The van der Waals surface area contributed by atoms with Gasteiger partial charge in [-0.15, -0.1) is 0 Å². The van der Waals surface area contributed by atoms with E-state index in [1.165, 1.54) is 0 Å². The van der Waals surface area contributed by atoms with Crippen molar-refractivity contribution in [3.05, 3.63) is 0 Å². The molecule has 2 rings (SSSR count). The largest absolute Gasteiger partial charge is 0.444 e. The summed E-state index contributed by atoms with van der Waals surface area (Å²) in [4.78, 5) is 29.7. The maximum atomic E-state index is 11.9. The molecule has 0 aromatic rings. The zero-order chi connectivity index (χ0) is 14.1. The molecule has 1 saturated heterocycles. The van der Waals surface area contributed by atoms with E-state index in [2.05, 4.69) is 5.16 Å². The number of rotatable bonds is 1. The maximum absolute atomic E-state index is 11.9. The van der Waals surface area contributed by atoms with Crippen LogP contribution in [0.2, 0.25) is 0 Å². The summed E-state index contributed by atoms with van der Waals surface area (Å²) in [5, 5.41) is 3.77. The molecule has 106 valence electrons. The normalized spacial score (nSPS) is 21.8. The van der Waals surface area contributed by atoms with Gasteiger partial charge in [0.2, 0.25) is 0 Å². The molecule has 2 aliphatic heterocycles. The van der Waals surface area contributed by atoms with Crippen molar-refractivity contribution in [3.8, 4) is 0 Å². The lowest BCUT2D eigenvalue weighted by Gasteiger charge is -2.37. The molecule has 2 aliphatic rings. The third-order valence-electron chi connectivity index (χ3n) is 3.32. The predicted octanol–water partition coefficient (Wildman–Crippen LogP) is 1.73. The summed E-state index contributed by atoms with van der Waals surface area (Å²) in [6.07, 6.45) is 2.32. The van der Waals surface area contributed by atoms with Crippen molar-refractivity contribution in [2.45, 2.75) is 51.2 Å². The molecule has 6 heteroatoms. The van der Waals surface area contributed by atoms with E-state index in [-0.39, 0.29) is 6.09 Å². The van der Waals surface area contributed by atoms with Crippen LogP contribution in [-0.2, 0) is 14.4 Å². The Morgan fingerprint density at radius 2 is 2.05 bits per heavy atom. The predicted molar refractivity (Wildman–Crippen MR) is 69.0 cm³/mol. The van der Waals surface area contributed by atoms with Gasteiger partial charge in [0.1, 0.15) is 16.9 Å². The molecular formula is C13H20N2O4. The van der Waals surface area contributed by atoms with Crippen LogP contribution in [0.25, 0.3) is 0 Å². The number of hydrogen-bond acceptors (Lipinski definition) is 5. The molecule has 0 saturated carbocycles. The number of likely N-dealkylation sites (tertiary alicyclic amines) is 1. The molecule has 2 heterocycles. The minimum absolute atomic E-state index is 0.295. The summed E-state index contributed by atoms with van der Waals surface area (Å²) < 4.78 is 5.33. The average molecular weight is 268 g/mol. The summed E-state index contributed by atoms with van der Waals surface area (Å²) in [5.41, 5.74) is -0.427. The number of ether oxygens (including phenoxy) is 1. The molecule has 19 heavy (non-hydrogen) atoms. The van der Waals surface area contributed by atoms with Crippen LogP contribution in [0, 0.1) is 0 Å². The van der Waals surface area contributed by atoms with Crippen molar-refractivity contribution < 1.29 is 19.2 Å². The van der Waals surface area contributed by atoms with Gasteiger partial charge in [0.25, 0.3) is 0 Å². The Labute approximate surface area is 112 Å². The third-order valence-corrected chi connectivity index (χ3v) is 3.32. The van der Waals surface area contributed by atoms with Gasteiger partial charge in [-0.25, -0.2) is 4.79 Å². The van der Waals surface area contributed by atoms with E-state index < -0.39 is 11.2 Å². The SMILES string of the molecule is CC(C)(C)OC(=O)N1CCC2(CC1)CC(C=O)=NO2. The Morgan fingerprint density at radius 3 is 2.53 bits per heavy atom. The molecule has 0 bridgehead atoms. The molecule has 6 nitrogen and oxygen atoms in total. The first-order valence-corrected chi connectivity index (χ1v) is 6.52. The average Bonchev–Trinajstić information content (AvgIpc) is 2.71. The monoisotopic (exact) mass is 268 g/mol. The first-order valence-electron chi connectivity index (χ1n) is 6.52. The Morgan fingerprint density at radius 1 is 1.42 bits per heavy atom. The molecule has 0 radical (unpaired) electrons. The molecule has 0 aliphatic carbocycles. The summed E-state index contributed by atoms with van der Waals surface area (Å²) in [6.45, 7) is 6.68. The fraction of sp³-hybridized carbons (Fsp3) is 0.769. The van der Waals surface area contributed by atoms with Crippen molar-refractivity contribution in [3.63, 3.8) is 0 Å². The van der Waals surface area contributed by atoms with E-state index in [1.54, 1.807) is 4.90 Å². The number of hydrogen-bond donors (Lipinski definition) is 0. The van der Waals surface area contributed by atoms with Crippen LogP contribution >= 0.6 is 0 Å². The van der Waals surface area contributed by atoms with Crippen LogP contribution in [0.5, 0.6) is 0 Å². The van der Waals surface area contributed by atoms with Crippen molar-refractivity contribution in [1.82, 2.24) is 4.90 Å². The molecule has 1 fully saturated rings. The highest BCUT2D eigenvalue weighted by molar-refractivity contribution is 6.28. The van der Waals surface area contributed by atoms with Gasteiger partial charge in [-0.05, 0) is 20.8 Å². The fourth-order valence-electron chi connectivity index (χ4n) is 2.30. The Bertz CT molecular complexity index is 403. The van der Waals surface area contributed by atoms with Gasteiger partial charge in [-0.1, -0.05) is 5.16 Å². The Hall–Kier alpha value is -1.59. The van der Waals surface area contributed by atoms with Crippen molar-refractivity contribution >= 4 is 18.1 Å². The lowest BCUT2D eigenvalue weighted by molar-refractivity contribution is -0.102. The second-order valence-corrected chi connectivity index (χ2v) is 6.12. The van der Waals surface area contributed by atoms with Gasteiger partial charge in [0.05, 0.1) is 0 Å². The quantitative estimate of drug-likeness (QED) is 0.679. The highest BCUT2D eigenvalue weighted by atomic mass is 16.7. The number of nitrogens with zero attached hydrogens (tertiary/aromatic N) is 2. The highest BCUT2D eigenvalue weighted by Gasteiger charge is 2.43. The van der Waals surface area contributed by atoms with Crippen LogP contribution < -0.4 is 0 Å². The number of piperidine rings is 1. The lowest BCUT2D eigenvalue weighted by atomic mass is 9.87. The van der Waals surface area contributed by atoms with Crippen molar-refractivity contribution in [2.75, 3.05) is 13.1 Å². The van der Waals surface area contributed by atoms with Crippen LogP contribution in [0.4, 0.5) is 4.79 Å². The minimum atomic E-state index is -0.482. The first kappa shape index (κ1) is 13.8. The van der Waals surface area contributed by atoms with E-state index in [1.807, 2.05) is 20.8 Å². The topological polar surface area (TPSA) is 68.2 Å². The van der Waals surface area contributed by atoms with E-state index in [0.717, 1.165) is 6.29 Å². The van der Waals surface area contributed by atoms with Gasteiger partial charge in [-0.3, -0.25) is 4.79 Å². The molecule has 1 amide bonds. The molecule has 0 aromatic heterocycles. The smallest absolute Gasteiger partial charge is 0.410 e. The lowest BCUT2D eigenvalue weighted by Crippen LogP contribution is -2.48. The second kappa shape index (κ2) is 4.83. The summed E-state index contributed by atoms with van der Waals surface area (Å²) in [7, 11) is 0. The van der Waals surface area contributed by atoms with E-state index in [0.29, 0.717) is 38.1 Å². The van der Waals surface area contributed by atoms with E-state index >= 15 is 0 Å². The van der Waals surface area contributed by atoms with Crippen LogP contribution in [-0.4, -0.2) is 47.3 Å². The Balaban J connectivity index is 1.87. The number of amides is 1. The van der Waals surface area contributed by atoms with Gasteiger partial charge >= 0.3 is 6.09 Å². The standard InChI is InChI=1S/C13H20N2O4/c1-12(2,3)18-11(17)15-6-4-13(5-7-15)8-10(9-16)14-19-13/h9H,4-8H2,1-3H3.